The second kappa shape index (κ2) is 11.4. The Balaban J connectivity index is 2.83. The summed E-state index contributed by atoms with van der Waals surface area (Å²) in [5.41, 5.74) is 0. The van der Waals surface area contributed by atoms with Crippen molar-refractivity contribution >= 4 is 31.3 Å². The third-order valence-corrected chi connectivity index (χ3v) is 8.76. The molecule has 0 aromatic rings. The molecule has 1 aliphatic heterocycles. The lowest BCUT2D eigenvalue weighted by Crippen LogP contribution is -2.29. The molecule has 1 saturated heterocycles. The molecule has 0 N–H and O–H groups in total. The molecule has 12 nitrogen and oxygen atoms in total. The zero-order chi connectivity index (χ0) is 21.4. The minimum absolute atomic E-state index is 0.00568. The van der Waals surface area contributed by atoms with Crippen molar-refractivity contribution in [2.24, 2.45) is 0 Å². The Hall–Kier alpha value is -0.0451. The lowest BCUT2D eigenvalue weighted by molar-refractivity contribution is -0.0288. The van der Waals surface area contributed by atoms with E-state index in [9.17, 15) is 13.7 Å². The molecule has 160 valence electrons. The molecule has 0 bridgehead atoms. The second-order valence-electron chi connectivity index (χ2n) is 5.03. The van der Waals surface area contributed by atoms with E-state index in [0.29, 0.717) is 6.42 Å². The summed E-state index contributed by atoms with van der Waals surface area (Å²) >= 11 is 0. The Bertz CT molecular complexity index is 673. The van der Waals surface area contributed by atoms with Gasteiger partial charge in [0.05, 0.1) is 12.7 Å². The van der Waals surface area contributed by atoms with Crippen LogP contribution in [-0.2, 0) is 54.4 Å². The van der Waals surface area contributed by atoms with Crippen molar-refractivity contribution in [2.45, 2.75) is 24.6 Å². The summed E-state index contributed by atoms with van der Waals surface area (Å²) < 4.78 is 80.6. The van der Waals surface area contributed by atoms with Crippen LogP contribution >= 0.6 is 23.5 Å². The largest absolute Gasteiger partial charge is 0.492 e. The van der Waals surface area contributed by atoms with E-state index in [1.165, 1.54) is 0 Å². The van der Waals surface area contributed by atoms with Gasteiger partial charge >= 0.3 is 23.5 Å². The number of phosphoric ester groups is 2. The van der Waals surface area contributed by atoms with Crippen LogP contribution in [0.5, 0.6) is 0 Å². The van der Waals surface area contributed by atoms with Crippen LogP contribution in [0, 0.1) is 12.3 Å². The van der Waals surface area contributed by atoms with Crippen molar-refractivity contribution in [1.29, 1.82) is 0 Å². The van der Waals surface area contributed by atoms with Crippen LogP contribution in [0.2, 0.25) is 0 Å². The average molecular weight is 462 g/mol. The van der Waals surface area contributed by atoms with Gasteiger partial charge in [0.1, 0.15) is 20.6 Å². The Labute approximate surface area is 165 Å². The molecule has 2 radical (unpaired) electrons. The zero-order valence-electron chi connectivity index (χ0n) is 15.7. The average Bonchev–Trinajstić information content (AvgIpc) is 3.04. The molecule has 1 heterocycles. The van der Waals surface area contributed by atoms with Gasteiger partial charge in [0, 0.05) is 34.4 Å². The van der Waals surface area contributed by atoms with Crippen LogP contribution in [0.1, 0.15) is 6.42 Å². The van der Waals surface area contributed by atoms with Crippen molar-refractivity contribution in [2.75, 3.05) is 41.7 Å². The highest BCUT2D eigenvalue weighted by atomic mass is 31.3. The molecule has 0 saturated carbocycles. The first-order valence-corrected chi connectivity index (χ1v) is 12.0. The van der Waals surface area contributed by atoms with Crippen molar-refractivity contribution in [1.82, 2.24) is 0 Å². The molecule has 0 amide bonds. The maximum absolute atomic E-state index is 12.6. The summed E-state index contributed by atoms with van der Waals surface area (Å²) in [4.78, 5) is 0. The molecule has 0 aromatic heterocycles. The highest BCUT2D eigenvalue weighted by Gasteiger charge is 2.46. The van der Waals surface area contributed by atoms with E-state index < -0.39 is 41.7 Å². The summed E-state index contributed by atoms with van der Waals surface area (Å²) in [6, 6.07) is -0.651. The van der Waals surface area contributed by atoms with Gasteiger partial charge in [-0.2, -0.15) is 8.62 Å². The summed E-state index contributed by atoms with van der Waals surface area (Å²) in [6.07, 6.45) is 4.16. The molecule has 5 atom stereocenters. The molecule has 1 fully saturated rings. The van der Waals surface area contributed by atoms with Gasteiger partial charge in [-0.15, -0.1) is 6.42 Å². The molecule has 16 heteroatoms. The minimum Gasteiger partial charge on any atom is -0.380 e. The molecule has 0 aliphatic carbocycles. The van der Waals surface area contributed by atoms with Crippen LogP contribution in [0.4, 0.5) is 0 Å². The van der Waals surface area contributed by atoms with Gasteiger partial charge in [-0.3, -0.25) is 22.6 Å². The van der Waals surface area contributed by atoms with Crippen LogP contribution in [0.25, 0.3) is 0 Å². The van der Waals surface area contributed by atoms with E-state index in [4.69, 9.17) is 32.6 Å². The summed E-state index contributed by atoms with van der Waals surface area (Å²) in [7, 11) is -4.11. The summed E-state index contributed by atoms with van der Waals surface area (Å²) in [6.45, 7) is -0.379. The molecule has 5 unspecified atom stereocenters. The summed E-state index contributed by atoms with van der Waals surface area (Å²) in [5, 5.41) is 0. The predicted molar refractivity (Wildman–Crippen MR) is 96.6 cm³/mol. The van der Waals surface area contributed by atoms with E-state index in [2.05, 4.69) is 28.3 Å². The van der Waals surface area contributed by atoms with Crippen molar-refractivity contribution < 1.29 is 54.4 Å². The van der Waals surface area contributed by atoms with E-state index >= 15 is 0 Å². The van der Waals surface area contributed by atoms with Crippen LogP contribution in [-0.4, -0.2) is 67.7 Å². The van der Waals surface area contributed by atoms with E-state index in [1.807, 2.05) is 0 Å². The van der Waals surface area contributed by atoms with Crippen molar-refractivity contribution in [3.05, 3.63) is 0 Å². The standard InChI is InChI=1S/C12H22BO12P3/c1-6-7-21-10-8-12(13)23-11(10)9-22-27(15,19-4)25-28(16,20-5)24-26(14,17-2)18-3/h1,10-12H,7-9H2,2-5H3. The quantitative estimate of drug-likeness (QED) is 0.226. The molecule has 0 spiro atoms. The van der Waals surface area contributed by atoms with E-state index in [1.54, 1.807) is 0 Å². The number of hydrogen-bond acceptors (Lipinski definition) is 12. The molecule has 1 rings (SSSR count). The fourth-order valence-electron chi connectivity index (χ4n) is 1.97. The first-order valence-electron chi connectivity index (χ1n) is 7.64. The number of hydrogen-bond donors (Lipinski definition) is 0. The Kier molecular flexibility index (Phi) is 10.6. The van der Waals surface area contributed by atoms with Gasteiger partial charge in [0.15, 0.2) is 0 Å². The third-order valence-electron chi connectivity index (χ3n) is 3.30. The number of terminal acetylenes is 1. The van der Waals surface area contributed by atoms with Gasteiger partial charge < -0.3 is 9.47 Å². The van der Waals surface area contributed by atoms with Gasteiger partial charge in [0.2, 0.25) is 0 Å². The monoisotopic (exact) mass is 462 g/mol. The first kappa shape index (κ1) is 26.0. The van der Waals surface area contributed by atoms with Crippen molar-refractivity contribution in [3.63, 3.8) is 0 Å². The minimum atomic E-state index is -4.75. The Morgan fingerprint density at radius 2 is 1.54 bits per heavy atom. The predicted octanol–water partition coefficient (Wildman–Crippen LogP) is 2.25. The number of phosphoric acid groups is 3. The van der Waals surface area contributed by atoms with Crippen molar-refractivity contribution in [3.8, 4) is 12.3 Å². The van der Waals surface area contributed by atoms with Gasteiger partial charge in [-0.1, -0.05) is 5.92 Å². The molecule has 28 heavy (non-hydrogen) atoms. The SMILES string of the molecule is [B]C1CC(OCC#C)C(COP(=O)(OC)OP(=O)(OC)OP(=O)(OC)OC)O1. The molecular formula is C12H22BO12P3. The van der Waals surface area contributed by atoms with E-state index in [-0.39, 0.29) is 13.2 Å². The lowest BCUT2D eigenvalue weighted by atomic mass is 9.96. The topological polar surface area (TPSA) is 134 Å². The number of ether oxygens (including phenoxy) is 2. The maximum atomic E-state index is 12.6. The Morgan fingerprint density at radius 1 is 1.00 bits per heavy atom. The van der Waals surface area contributed by atoms with Gasteiger partial charge in [-0.05, 0) is 6.42 Å². The Morgan fingerprint density at radius 3 is 2.04 bits per heavy atom. The van der Waals surface area contributed by atoms with E-state index in [0.717, 1.165) is 28.4 Å². The van der Waals surface area contributed by atoms with Crippen LogP contribution < -0.4 is 0 Å². The highest BCUT2D eigenvalue weighted by molar-refractivity contribution is 7.67. The third kappa shape index (κ3) is 7.65. The fourth-order valence-corrected chi connectivity index (χ4v) is 6.42. The van der Waals surface area contributed by atoms with Gasteiger partial charge in [-0.25, -0.2) is 13.7 Å². The normalized spacial score (nSPS) is 27.0. The first-order chi connectivity index (χ1) is 13.1. The van der Waals surface area contributed by atoms with Crippen LogP contribution in [0.3, 0.4) is 0 Å². The fraction of sp³-hybridized carbons (Fsp3) is 0.833. The van der Waals surface area contributed by atoms with Crippen LogP contribution in [0.15, 0.2) is 0 Å². The molecule has 0 aromatic carbocycles. The summed E-state index contributed by atoms with van der Waals surface area (Å²) in [5.74, 6) is 2.30. The second-order valence-corrected chi connectivity index (χ2v) is 10.7. The van der Waals surface area contributed by atoms with Gasteiger partial charge in [0.25, 0.3) is 0 Å². The zero-order valence-corrected chi connectivity index (χ0v) is 18.4. The highest BCUT2D eigenvalue weighted by Crippen LogP contribution is 2.72. The molecule has 1 aliphatic rings. The smallest absolute Gasteiger partial charge is 0.380 e. The lowest BCUT2D eigenvalue weighted by Gasteiger charge is -2.24. The number of rotatable bonds is 13. The molecular weight excluding hydrogens is 440 g/mol. The maximum Gasteiger partial charge on any atom is 0.492 e.